The van der Waals surface area contributed by atoms with Gasteiger partial charge in [-0.25, -0.2) is 0 Å². The zero-order valence-electron chi connectivity index (χ0n) is 12.8. The van der Waals surface area contributed by atoms with Crippen LogP contribution in [-0.4, -0.2) is 38.6 Å². The van der Waals surface area contributed by atoms with Crippen molar-refractivity contribution in [2.75, 3.05) is 31.3 Å². The van der Waals surface area contributed by atoms with E-state index < -0.39 is 0 Å². The van der Waals surface area contributed by atoms with Gasteiger partial charge in [0.2, 0.25) is 5.91 Å². The predicted octanol–water partition coefficient (Wildman–Crippen LogP) is 2.74. The van der Waals surface area contributed by atoms with Crippen LogP contribution in [0.25, 0.3) is 0 Å². The lowest BCUT2D eigenvalue weighted by molar-refractivity contribution is -0.165. The first-order valence-electron chi connectivity index (χ1n) is 8.09. The number of carbonyl (C=O) groups excluding carboxylic acids is 1. The van der Waals surface area contributed by atoms with Crippen LogP contribution >= 0.6 is 0 Å². The molecule has 1 unspecified atom stereocenters. The first kappa shape index (κ1) is 15.3. The monoisotopic (exact) mass is 305 g/mol. The van der Waals surface area contributed by atoms with Gasteiger partial charge < -0.3 is 19.1 Å². The van der Waals surface area contributed by atoms with Crippen molar-refractivity contribution in [1.82, 2.24) is 0 Å². The Balaban J connectivity index is 1.40. The predicted molar refractivity (Wildman–Crippen MR) is 83.1 cm³/mol. The summed E-state index contributed by atoms with van der Waals surface area (Å²) in [6.45, 7) is 2.63. The van der Waals surface area contributed by atoms with E-state index in [1.165, 1.54) is 6.42 Å². The van der Waals surface area contributed by atoms with E-state index in [0.29, 0.717) is 19.6 Å². The molecule has 2 saturated heterocycles. The molecule has 0 bridgehead atoms. The van der Waals surface area contributed by atoms with Crippen molar-refractivity contribution >= 4 is 11.6 Å². The summed E-state index contributed by atoms with van der Waals surface area (Å²) < 4.78 is 16.8. The fraction of sp³-hybridized carbons (Fsp3) is 0.588. The lowest BCUT2D eigenvalue weighted by Crippen LogP contribution is -2.24. The molecule has 3 rings (SSSR count). The van der Waals surface area contributed by atoms with Gasteiger partial charge in [-0.05, 0) is 49.9 Å². The van der Waals surface area contributed by atoms with Crippen molar-refractivity contribution in [3.63, 3.8) is 0 Å². The maximum Gasteiger partial charge on any atom is 0.227 e. The van der Waals surface area contributed by atoms with Crippen LogP contribution in [0, 0.1) is 0 Å². The van der Waals surface area contributed by atoms with Crippen LogP contribution in [0.4, 0.5) is 5.69 Å². The molecule has 1 aromatic carbocycles. The Labute approximate surface area is 131 Å². The first-order chi connectivity index (χ1) is 10.8. The quantitative estimate of drug-likeness (QED) is 0.758. The first-order valence-corrected chi connectivity index (χ1v) is 8.09. The zero-order chi connectivity index (χ0) is 15.2. The van der Waals surface area contributed by atoms with Crippen molar-refractivity contribution in [2.45, 2.75) is 38.4 Å². The summed E-state index contributed by atoms with van der Waals surface area (Å²) >= 11 is 0. The zero-order valence-corrected chi connectivity index (χ0v) is 12.8. The molecule has 1 aromatic rings. The van der Waals surface area contributed by atoms with Crippen LogP contribution in [0.1, 0.15) is 32.1 Å². The minimum absolute atomic E-state index is 0.0686. The third-order valence-corrected chi connectivity index (χ3v) is 4.02. The summed E-state index contributed by atoms with van der Waals surface area (Å²) in [5.74, 6) is 0.998. The topological polar surface area (TPSA) is 48.0 Å². The van der Waals surface area contributed by atoms with E-state index in [9.17, 15) is 4.79 Å². The minimum Gasteiger partial charge on any atom is -0.491 e. The van der Waals surface area contributed by atoms with E-state index in [1.807, 2.05) is 29.2 Å². The fourth-order valence-corrected chi connectivity index (χ4v) is 2.83. The number of nitrogens with zero attached hydrogens (tertiary/aromatic N) is 1. The molecular formula is C17H23NO4. The average molecular weight is 305 g/mol. The Hall–Kier alpha value is -1.59. The molecule has 0 aromatic heterocycles. The third-order valence-electron chi connectivity index (χ3n) is 4.02. The number of ether oxygens (including phenoxy) is 3. The molecule has 2 aliphatic heterocycles. The van der Waals surface area contributed by atoms with Crippen molar-refractivity contribution in [3.05, 3.63) is 24.3 Å². The Morgan fingerprint density at radius 3 is 2.68 bits per heavy atom. The van der Waals surface area contributed by atoms with Gasteiger partial charge in [-0.3, -0.25) is 4.79 Å². The molecule has 0 aliphatic carbocycles. The van der Waals surface area contributed by atoms with Gasteiger partial charge in [0.1, 0.15) is 12.4 Å². The van der Waals surface area contributed by atoms with Crippen LogP contribution in [0.3, 0.4) is 0 Å². The molecule has 0 N–H and O–H groups in total. The molecule has 22 heavy (non-hydrogen) atoms. The summed E-state index contributed by atoms with van der Waals surface area (Å²) in [5, 5.41) is 0. The van der Waals surface area contributed by atoms with Crippen molar-refractivity contribution in [1.29, 1.82) is 0 Å². The maximum absolute atomic E-state index is 11.7. The van der Waals surface area contributed by atoms with Crippen LogP contribution in [0.5, 0.6) is 5.75 Å². The molecule has 0 spiro atoms. The normalized spacial score (nSPS) is 22.1. The van der Waals surface area contributed by atoms with E-state index in [-0.39, 0.29) is 12.2 Å². The highest BCUT2D eigenvalue weighted by Crippen LogP contribution is 2.23. The molecule has 2 heterocycles. The second-order valence-electron chi connectivity index (χ2n) is 5.66. The lowest BCUT2D eigenvalue weighted by atomic mass is 10.2. The number of amides is 1. The minimum atomic E-state index is -0.0686. The van der Waals surface area contributed by atoms with Gasteiger partial charge in [-0.2, -0.15) is 0 Å². The second-order valence-corrected chi connectivity index (χ2v) is 5.66. The Morgan fingerprint density at radius 1 is 1.14 bits per heavy atom. The molecule has 1 amide bonds. The van der Waals surface area contributed by atoms with Crippen LogP contribution in [0.2, 0.25) is 0 Å². The number of benzene rings is 1. The third kappa shape index (κ3) is 3.99. The number of rotatable bonds is 6. The molecule has 0 saturated carbocycles. The van der Waals surface area contributed by atoms with Gasteiger partial charge in [0.25, 0.3) is 0 Å². The van der Waals surface area contributed by atoms with Gasteiger partial charge in [0, 0.05) is 25.3 Å². The standard InChI is InChI=1S/C17H23NO4/c19-16-4-3-10-18(16)14-6-8-15(9-7-14)20-12-13-22-17-5-1-2-11-21-17/h6-9,17H,1-5,10-13H2. The Morgan fingerprint density at radius 2 is 2.00 bits per heavy atom. The largest absolute Gasteiger partial charge is 0.491 e. The van der Waals surface area contributed by atoms with Crippen molar-refractivity contribution in [3.8, 4) is 5.75 Å². The highest BCUT2D eigenvalue weighted by atomic mass is 16.7. The van der Waals surface area contributed by atoms with E-state index >= 15 is 0 Å². The molecule has 0 radical (unpaired) electrons. The molecule has 120 valence electrons. The number of carbonyl (C=O) groups is 1. The molecule has 2 fully saturated rings. The molecule has 2 aliphatic rings. The highest BCUT2D eigenvalue weighted by molar-refractivity contribution is 5.95. The highest BCUT2D eigenvalue weighted by Gasteiger charge is 2.21. The summed E-state index contributed by atoms with van der Waals surface area (Å²) in [6.07, 6.45) is 4.79. The molecular weight excluding hydrogens is 282 g/mol. The number of hydrogen-bond donors (Lipinski definition) is 0. The van der Waals surface area contributed by atoms with Gasteiger partial charge in [-0.15, -0.1) is 0 Å². The number of anilines is 1. The summed E-state index contributed by atoms with van der Waals surface area (Å²) in [7, 11) is 0. The SMILES string of the molecule is O=C1CCCN1c1ccc(OCCOC2CCCCO2)cc1. The maximum atomic E-state index is 11.7. The van der Waals surface area contributed by atoms with E-state index in [1.54, 1.807) is 0 Å². The molecule has 5 nitrogen and oxygen atoms in total. The average Bonchev–Trinajstić information content (AvgIpc) is 2.99. The van der Waals surface area contributed by atoms with E-state index in [2.05, 4.69) is 0 Å². The summed E-state index contributed by atoms with van der Waals surface area (Å²) in [6, 6.07) is 7.67. The Kier molecular flexibility index (Phi) is 5.29. The summed E-state index contributed by atoms with van der Waals surface area (Å²) in [4.78, 5) is 13.5. The Bertz CT molecular complexity index is 482. The van der Waals surface area contributed by atoms with Gasteiger partial charge in [-0.1, -0.05) is 0 Å². The molecule has 1 atom stereocenters. The molecule has 5 heteroatoms. The van der Waals surface area contributed by atoms with E-state index in [4.69, 9.17) is 14.2 Å². The smallest absolute Gasteiger partial charge is 0.227 e. The van der Waals surface area contributed by atoms with E-state index in [0.717, 1.165) is 43.9 Å². The lowest BCUT2D eigenvalue weighted by Gasteiger charge is -2.22. The van der Waals surface area contributed by atoms with Gasteiger partial charge in [0.15, 0.2) is 6.29 Å². The van der Waals surface area contributed by atoms with Gasteiger partial charge >= 0.3 is 0 Å². The second kappa shape index (κ2) is 7.61. The van der Waals surface area contributed by atoms with Crippen LogP contribution < -0.4 is 9.64 Å². The summed E-state index contributed by atoms with van der Waals surface area (Å²) in [5.41, 5.74) is 0.946. The van der Waals surface area contributed by atoms with Crippen LogP contribution in [0.15, 0.2) is 24.3 Å². The van der Waals surface area contributed by atoms with Gasteiger partial charge in [0.05, 0.1) is 6.61 Å². The van der Waals surface area contributed by atoms with Crippen molar-refractivity contribution < 1.29 is 19.0 Å². The fourth-order valence-electron chi connectivity index (χ4n) is 2.83. The van der Waals surface area contributed by atoms with Crippen LogP contribution in [-0.2, 0) is 14.3 Å². The van der Waals surface area contributed by atoms with Crippen molar-refractivity contribution in [2.24, 2.45) is 0 Å². The number of hydrogen-bond acceptors (Lipinski definition) is 4.